The molecular formula is C7H11NO4. The van der Waals surface area contributed by atoms with Gasteiger partial charge in [-0.15, -0.1) is 0 Å². The zero-order valence-corrected chi connectivity index (χ0v) is 6.65. The molecule has 1 amide bonds. The lowest BCUT2D eigenvalue weighted by Crippen LogP contribution is -2.27. The van der Waals surface area contributed by atoms with Crippen LogP contribution < -0.4 is 0 Å². The van der Waals surface area contributed by atoms with Crippen LogP contribution >= 0.6 is 0 Å². The van der Waals surface area contributed by atoms with E-state index in [2.05, 4.69) is 0 Å². The van der Waals surface area contributed by atoms with Crippen molar-refractivity contribution in [2.24, 2.45) is 0 Å². The smallest absolute Gasteiger partial charge is 0.303 e. The first kappa shape index (κ1) is 8.99. The summed E-state index contributed by atoms with van der Waals surface area (Å²) in [5.74, 6) is -0.886. The normalized spacial score (nSPS) is 17.0. The predicted molar refractivity (Wildman–Crippen MR) is 39.4 cm³/mol. The van der Waals surface area contributed by atoms with Gasteiger partial charge in [0.05, 0.1) is 0 Å². The summed E-state index contributed by atoms with van der Waals surface area (Å²) in [6, 6.07) is 0. The Kier molecular flexibility index (Phi) is 3.04. The van der Waals surface area contributed by atoms with Gasteiger partial charge in [0.2, 0.25) is 5.91 Å². The average Bonchev–Trinajstić information content (AvgIpc) is 2.36. The van der Waals surface area contributed by atoms with Gasteiger partial charge in [0, 0.05) is 13.0 Å². The van der Waals surface area contributed by atoms with Gasteiger partial charge in [-0.1, -0.05) is 0 Å². The monoisotopic (exact) mass is 173 g/mol. The summed E-state index contributed by atoms with van der Waals surface area (Å²) >= 11 is 0. The number of aliphatic carboxylic acids is 1. The minimum Gasteiger partial charge on any atom is -0.481 e. The van der Waals surface area contributed by atoms with Crippen LogP contribution in [0.5, 0.6) is 0 Å². The van der Waals surface area contributed by atoms with Crippen molar-refractivity contribution in [3.05, 3.63) is 0 Å². The Morgan fingerprint density at radius 1 is 1.67 bits per heavy atom. The highest BCUT2D eigenvalue weighted by Crippen LogP contribution is 2.03. The minimum absolute atomic E-state index is 0.0552. The van der Waals surface area contributed by atoms with Crippen LogP contribution in [0.15, 0.2) is 0 Å². The molecule has 0 aliphatic carbocycles. The molecule has 1 aliphatic rings. The van der Waals surface area contributed by atoms with E-state index in [4.69, 9.17) is 9.84 Å². The summed E-state index contributed by atoms with van der Waals surface area (Å²) in [6.07, 6.45) is 0.591. The third-order valence-electron chi connectivity index (χ3n) is 1.64. The second-order valence-electron chi connectivity index (χ2n) is 2.63. The van der Waals surface area contributed by atoms with E-state index in [0.717, 1.165) is 0 Å². The number of carboxylic acids is 1. The first-order chi connectivity index (χ1) is 5.70. The largest absolute Gasteiger partial charge is 0.481 e. The van der Waals surface area contributed by atoms with E-state index in [1.54, 1.807) is 0 Å². The Labute approximate surface area is 69.9 Å². The van der Waals surface area contributed by atoms with Crippen molar-refractivity contribution >= 4 is 11.9 Å². The Hall–Kier alpha value is -1.10. The highest BCUT2D eigenvalue weighted by Gasteiger charge is 2.19. The van der Waals surface area contributed by atoms with Gasteiger partial charge in [0.25, 0.3) is 0 Å². The predicted octanol–water partition coefficient (Wildman–Crippen LogP) is -0.333. The van der Waals surface area contributed by atoms with Gasteiger partial charge in [-0.2, -0.15) is 0 Å². The average molecular weight is 173 g/mol. The van der Waals surface area contributed by atoms with Crippen molar-refractivity contribution in [3.63, 3.8) is 0 Å². The fraction of sp³-hybridized carbons (Fsp3) is 0.714. The topological polar surface area (TPSA) is 66.8 Å². The van der Waals surface area contributed by atoms with Crippen molar-refractivity contribution < 1.29 is 19.4 Å². The van der Waals surface area contributed by atoms with Crippen molar-refractivity contribution in [1.82, 2.24) is 4.90 Å². The number of hydrogen-bond acceptors (Lipinski definition) is 3. The van der Waals surface area contributed by atoms with Gasteiger partial charge in [-0.25, -0.2) is 0 Å². The third kappa shape index (κ3) is 2.50. The van der Waals surface area contributed by atoms with Gasteiger partial charge in [0.15, 0.2) is 0 Å². The summed E-state index contributed by atoms with van der Waals surface area (Å²) < 4.78 is 4.86. The van der Waals surface area contributed by atoms with Gasteiger partial charge < -0.3 is 14.7 Å². The quantitative estimate of drug-likeness (QED) is 0.632. The van der Waals surface area contributed by atoms with Crippen LogP contribution in [0, 0.1) is 0 Å². The van der Waals surface area contributed by atoms with Crippen LogP contribution in [0.2, 0.25) is 0 Å². The van der Waals surface area contributed by atoms with E-state index in [-0.39, 0.29) is 18.9 Å². The lowest BCUT2D eigenvalue weighted by Gasteiger charge is -2.11. The second kappa shape index (κ2) is 4.06. The molecule has 68 valence electrons. The Morgan fingerprint density at radius 2 is 2.42 bits per heavy atom. The highest BCUT2D eigenvalue weighted by molar-refractivity contribution is 5.78. The second-order valence-corrected chi connectivity index (χ2v) is 2.63. The zero-order chi connectivity index (χ0) is 8.97. The molecule has 0 aromatic heterocycles. The molecule has 0 spiro atoms. The third-order valence-corrected chi connectivity index (χ3v) is 1.64. The molecule has 1 heterocycles. The molecule has 12 heavy (non-hydrogen) atoms. The van der Waals surface area contributed by atoms with Gasteiger partial charge in [-0.3, -0.25) is 9.59 Å². The molecule has 0 radical (unpaired) electrons. The van der Waals surface area contributed by atoms with E-state index >= 15 is 0 Å². The number of rotatable bonds is 4. The summed E-state index contributed by atoms with van der Waals surface area (Å²) in [4.78, 5) is 22.5. The Balaban J connectivity index is 2.14. The molecule has 5 nitrogen and oxygen atoms in total. The number of amides is 1. The number of nitrogens with zero attached hydrogens (tertiary/aromatic N) is 1. The molecule has 1 N–H and O–H groups in total. The van der Waals surface area contributed by atoms with Gasteiger partial charge in [-0.05, 0) is 6.42 Å². The molecule has 5 heteroatoms. The molecular weight excluding hydrogens is 162 g/mol. The van der Waals surface area contributed by atoms with Crippen LogP contribution in [0.25, 0.3) is 0 Å². The molecule has 0 aromatic carbocycles. The van der Waals surface area contributed by atoms with E-state index in [0.29, 0.717) is 19.7 Å². The SMILES string of the molecule is O=C(O)CCCN1COCC1=O. The fourth-order valence-corrected chi connectivity index (χ4v) is 1.02. The van der Waals surface area contributed by atoms with Crippen LogP contribution in [-0.2, 0) is 14.3 Å². The summed E-state index contributed by atoms with van der Waals surface area (Å²) in [5, 5.41) is 8.32. The van der Waals surface area contributed by atoms with Gasteiger partial charge >= 0.3 is 5.97 Å². The van der Waals surface area contributed by atoms with Crippen LogP contribution in [0.1, 0.15) is 12.8 Å². The Morgan fingerprint density at radius 3 is 2.92 bits per heavy atom. The molecule has 1 rings (SSSR count). The molecule has 0 bridgehead atoms. The molecule has 0 aromatic rings. The number of hydrogen-bond donors (Lipinski definition) is 1. The molecule has 1 aliphatic heterocycles. The first-order valence-corrected chi connectivity index (χ1v) is 3.77. The standard InChI is InChI=1S/C7H11NO4/c9-6-4-12-5-8(6)3-1-2-7(10)11/h1-5H2,(H,10,11). The molecule has 1 fully saturated rings. The molecule has 0 saturated carbocycles. The lowest BCUT2D eigenvalue weighted by molar-refractivity contribution is -0.137. The first-order valence-electron chi connectivity index (χ1n) is 3.77. The van der Waals surface area contributed by atoms with E-state index < -0.39 is 5.97 Å². The van der Waals surface area contributed by atoms with Crippen molar-refractivity contribution in [2.45, 2.75) is 12.8 Å². The molecule has 0 atom stereocenters. The maximum absolute atomic E-state index is 10.9. The summed E-state index contributed by atoms with van der Waals surface area (Å²) in [7, 11) is 0. The lowest BCUT2D eigenvalue weighted by atomic mass is 10.3. The van der Waals surface area contributed by atoms with Crippen LogP contribution in [0.4, 0.5) is 0 Å². The maximum atomic E-state index is 10.9. The fourth-order valence-electron chi connectivity index (χ4n) is 1.02. The highest BCUT2D eigenvalue weighted by atomic mass is 16.5. The van der Waals surface area contributed by atoms with E-state index in [1.807, 2.05) is 0 Å². The van der Waals surface area contributed by atoms with Crippen molar-refractivity contribution in [3.8, 4) is 0 Å². The van der Waals surface area contributed by atoms with Crippen LogP contribution in [-0.4, -0.2) is 41.8 Å². The number of carbonyl (C=O) groups excluding carboxylic acids is 1. The van der Waals surface area contributed by atoms with Gasteiger partial charge in [0.1, 0.15) is 13.3 Å². The van der Waals surface area contributed by atoms with Crippen LogP contribution in [0.3, 0.4) is 0 Å². The summed E-state index contributed by atoms with van der Waals surface area (Å²) in [6.45, 7) is 0.913. The molecule has 0 unspecified atom stereocenters. The van der Waals surface area contributed by atoms with Crippen molar-refractivity contribution in [1.29, 1.82) is 0 Å². The minimum atomic E-state index is -0.831. The zero-order valence-electron chi connectivity index (χ0n) is 6.65. The maximum Gasteiger partial charge on any atom is 0.303 e. The number of carboxylic acid groups (broad SMARTS) is 1. The number of ether oxygens (including phenoxy) is 1. The number of carbonyl (C=O) groups is 2. The molecule has 1 saturated heterocycles. The van der Waals surface area contributed by atoms with E-state index in [1.165, 1.54) is 4.90 Å². The van der Waals surface area contributed by atoms with Crippen molar-refractivity contribution in [2.75, 3.05) is 19.9 Å². The van der Waals surface area contributed by atoms with E-state index in [9.17, 15) is 9.59 Å². The Bertz CT molecular complexity index is 192. The summed E-state index contributed by atoms with van der Waals surface area (Å²) in [5.41, 5.74) is 0.